The summed E-state index contributed by atoms with van der Waals surface area (Å²) in [7, 11) is 1.60. The van der Waals surface area contributed by atoms with Crippen LogP contribution in [-0.4, -0.2) is 67.7 Å². The van der Waals surface area contributed by atoms with Crippen molar-refractivity contribution in [3.63, 3.8) is 0 Å². The van der Waals surface area contributed by atoms with E-state index in [1.807, 2.05) is 4.90 Å². The summed E-state index contributed by atoms with van der Waals surface area (Å²) in [6.07, 6.45) is 11.4. The number of nitrogens with zero attached hydrogens (tertiary/aromatic N) is 2. The highest BCUT2D eigenvalue weighted by Crippen LogP contribution is 2.32. The number of ether oxygens (including phenoxy) is 2. The molecule has 0 aromatic heterocycles. The Hall–Kier alpha value is -1.11. The van der Waals surface area contributed by atoms with E-state index in [2.05, 4.69) is 59.8 Å². The van der Waals surface area contributed by atoms with Gasteiger partial charge in [0.2, 0.25) is 5.91 Å². The van der Waals surface area contributed by atoms with Gasteiger partial charge in [0, 0.05) is 24.2 Å². The molecule has 1 aliphatic carbocycles. The number of benzene rings is 1. The van der Waals surface area contributed by atoms with Crippen LogP contribution in [0.5, 0.6) is 5.75 Å². The van der Waals surface area contributed by atoms with Crippen molar-refractivity contribution in [2.75, 3.05) is 39.9 Å². The Morgan fingerprint density at radius 1 is 1.11 bits per heavy atom. The first kappa shape index (κ1) is 28.5. The third-order valence-electron chi connectivity index (χ3n) is 7.88. The van der Waals surface area contributed by atoms with E-state index < -0.39 is 0 Å². The maximum atomic E-state index is 12.3. The Balaban J connectivity index is 1.33. The average molecular weight is 552 g/mol. The summed E-state index contributed by atoms with van der Waals surface area (Å²) in [6, 6.07) is 6.82. The van der Waals surface area contributed by atoms with Gasteiger partial charge in [-0.1, -0.05) is 15.9 Å². The van der Waals surface area contributed by atoms with E-state index in [1.165, 1.54) is 68.2 Å². The molecule has 3 rings (SSSR count). The molecule has 0 bridgehead atoms. The van der Waals surface area contributed by atoms with Gasteiger partial charge in [-0.25, -0.2) is 0 Å². The minimum Gasteiger partial charge on any atom is -0.491 e. The van der Waals surface area contributed by atoms with Crippen molar-refractivity contribution < 1.29 is 14.3 Å². The largest absolute Gasteiger partial charge is 0.491 e. The van der Waals surface area contributed by atoms with Crippen LogP contribution < -0.4 is 4.74 Å². The lowest BCUT2D eigenvalue weighted by atomic mass is 9.82. The molecule has 0 unspecified atom stereocenters. The van der Waals surface area contributed by atoms with Gasteiger partial charge in [0.15, 0.2) is 0 Å². The van der Waals surface area contributed by atoms with Crippen molar-refractivity contribution >= 4 is 21.8 Å². The minimum absolute atomic E-state index is 0.144. The van der Waals surface area contributed by atoms with Crippen LogP contribution in [-0.2, 0) is 16.0 Å². The number of methoxy groups -OCH3 is 1. The molecule has 5 nitrogen and oxygen atoms in total. The fourth-order valence-electron chi connectivity index (χ4n) is 5.97. The molecule has 1 aromatic rings. The van der Waals surface area contributed by atoms with Gasteiger partial charge in [-0.3, -0.25) is 4.79 Å². The van der Waals surface area contributed by atoms with Crippen LogP contribution in [0.15, 0.2) is 22.7 Å². The number of carbonyl (C=O) groups excluding carboxylic acids is 1. The number of hydrogen-bond acceptors (Lipinski definition) is 4. The Labute approximate surface area is 222 Å². The van der Waals surface area contributed by atoms with Gasteiger partial charge < -0.3 is 19.3 Å². The van der Waals surface area contributed by atoms with E-state index in [1.54, 1.807) is 7.11 Å². The van der Waals surface area contributed by atoms with Crippen LogP contribution in [0.1, 0.15) is 77.7 Å². The summed E-state index contributed by atoms with van der Waals surface area (Å²) >= 11 is 3.75. The van der Waals surface area contributed by atoms with Crippen LogP contribution in [0.3, 0.4) is 0 Å². The SMILES string of the molecule is CCN(C(=O)COC)[C@H]1CC[C@H](CCCN2CCC(Cc3cc(OC(C)C)ccc3Br)CC2)CC1. The molecular formula is C29H47BrN2O3. The Morgan fingerprint density at radius 2 is 1.83 bits per heavy atom. The summed E-state index contributed by atoms with van der Waals surface area (Å²) in [5, 5.41) is 0. The van der Waals surface area contributed by atoms with Crippen LogP contribution >= 0.6 is 15.9 Å². The lowest BCUT2D eigenvalue weighted by Gasteiger charge is -2.37. The minimum atomic E-state index is 0.144. The van der Waals surface area contributed by atoms with Gasteiger partial charge >= 0.3 is 0 Å². The molecule has 1 amide bonds. The zero-order valence-electron chi connectivity index (χ0n) is 22.4. The standard InChI is InChI=1S/C29H47BrN2O3/c1-5-32(29(33)21-34-4)26-10-8-23(9-11-26)7-6-16-31-17-14-24(15-18-31)19-25-20-27(35-22(2)3)12-13-28(25)30/h12-13,20,22-24,26H,5-11,14-19,21H2,1-4H3/t23-,26-. The van der Waals surface area contributed by atoms with E-state index >= 15 is 0 Å². The fourth-order valence-corrected chi connectivity index (χ4v) is 6.38. The predicted molar refractivity (Wildman–Crippen MR) is 147 cm³/mol. The Bertz CT molecular complexity index is 771. The lowest BCUT2D eigenvalue weighted by molar-refractivity contribution is -0.138. The highest BCUT2D eigenvalue weighted by atomic mass is 79.9. The van der Waals surface area contributed by atoms with Crippen LogP contribution in [0.4, 0.5) is 0 Å². The normalized spacial score (nSPS) is 21.9. The molecule has 0 atom stereocenters. The zero-order chi connectivity index (χ0) is 25.2. The second-order valence-electron chi connectivity index (χ2n) is 10.8. The second kappa shape index (κ2) is 14.6. The number of halogens is 1. The maximum Gasteiger partial charge on any atom is 0.248 e. The van der Waals surface area contributed by atoms with E-state index in [4.69, 9.17) is 9.47 Å². The third kappa shape index (κ3) is 9.05. The second-order valence-corrected chi connectivity index (χ2v) is 11.7. The van der Waals surface area contributed by atoms with Gasteiger partial charge in [0.1, 0.15) is 12.4 Å². The number of rotatable bonds is 12. The summed E-state index contributed by atoms with van der Waals surface area (Å²) in [5.74, 6) is 2.71. The molecular weight excluding hydrogens is 504 g/mol. The van der Waals surface area contributed by atoms with Crippen molar-refractivity contribution in [2.24, 2.45) is 11.8 Å². The lowest BCUT2D eigenvalue weighted by Crippen LogP contribution is -2.43. The summed E-state index contributed by atoms with van der Waals surface area (Å²) in [6.45, 7) is 10.9. The fraction of sp³-hybridized carbons (Fsp3) is 0.759. The molecule has 6 heteroatoms. The van der Waals surface area contributed by atoms with Crippen molar-refractivity contribution in [1.82, 2.24) is 9.80 Å². The smallest absolute Gasteiger partial charge is 0.248 e. The molecule has 1 heterocycles. The number of piperidine rings is 1. The van der Waals surface area contributed by atoms with Crippen molar-refractivity contribution in [2.45, 2.75) is 90.7 Å². The predicted octanol–water partition coefficient (Wildman–Crippen LogP) is 6.32. The summed E-state index contributed by atoms with van der Waals surface area (Å²) in [5.41, 5.74) is 1.38. The van der Waals surface area contributed by atoms with E-state index in [0.717, 1.165) is 43.4 Å². The number of hydrogen-bond donors (Lipinski definition) is 0. The first-order valence-corrected chi connectivity index (χ1v) is 14.6. The number of likely N-dealkylation sites (N-methyl/N-ethyl adjacent to an activating group) is 1. The van der Waals surface area contributed by atoms with Crippen molar-refractivity contribution in [3.8, 4) is 5.75 Å². The van der Waals surface area contributed by atoms with Crippen molar-refractivity contribution in [3.05, 3.63) is 28.2 Å². The molecule has 1 aromatic carbocycles. The van der Waals surface area contributed by atoms with Gasteiger partial charge in [-0.15, -0.1) is 0 Å². The first-order chi connectivity index (χ1) is 16.9. The molecule has 2 fully saturated rings. The quantitative estimate of drug-likeness (QED) is 0.305. The summed E-state index contributed by atoms with van der Waals surface area (Å²) in [4.78, 5) is 17.0. The Morgan fingerprint density at radius 3 is 2.46 bits per heavy atom. The highest BCUT2D eigenvalue weighted by Gasteiger charge is 2.28. The average Bonchev–Trinajstić information content (AvgIpc) is 2.83. The van der Waals surface area contributed by atoms with Gasteiger partial charge in [-0.05, 0) is 134 Å². The molecule has 1 saturated heterocycles. The van der Waals surface area contributed by atoms with Crippen LogP contribution in [0, 0.1) is 11.8 Å². The monoisotopic (exact) mass is 550 g/mol. The molecule has 0 spiro atoms. The molecule has 0 radical (unpaired) electrons. The van der Waals surface area contributed by atoms with E-state index in [-0.39, 0.29) is 18.6 Å². The molecule has 1 saturated carbocycles. The molecule has 35 heavy (non-hydrogen) atoms. The number of amides is 1. The molecule has 2 aliphatic rings. The van der Waals surface area contributed by atoms with Crippen LogP contribution in [0.2, 0.25) is 0 Å². The van der Waals surface area contributed by atoms with Crippen molar-refractivity contribution in [1.29, 1.82) is 0 Å². The molecule has 0 N–H and O–H groups in total. The highest BCUT2D eigenvalue weighted by molar-refractivity contribution is 9.10. The topological polar surface area (TPSA) is 42.0 Å². The molecule has 198 valence electrons. The van der Waals surface area contributed by atoms with Crippen LogP contribution in [0.25, 0.3) is 0 Å². The van der Waals surface area contributed by atoms with E-state index in [9.17, 15) is 4.79 Å². The van der Waals surface area contributed by atoms with Gasteiger partial charge in [0.05, 0.1) is 6.10 Å². The first-order valence-electron chi connectivity index (χ1n) is 13.8. The third-order valence-corrected chi connectivity index (χ3v) is 8.65. The van der Waals surface area contributed by atoms with E-state index in [0.29, 0.717) is 6.04 Å². The zero-order valence-corrected chi connectivity index (χ0v) is 24.0. The van der Waals surface area contributed by atoms with Gasteiger partial charge in [-0.2, -0.15) is 0 Å². The molecule has 1 aliphatic heterocycles. The maximum absolute atomic E-state index is 12.3. The Kier molecular flexibility index (Phi) is 11.9. The number of likely N-dealkylation sites (tertiary alicyclic amines) is 1. The number of carbonyl (C=O) groups is 1. The van der Waals surface area contributed by atoms with Gasteiger partial charge in [0.25, 0.3) is 0 Å². The summed E-state index contributed by atoms with van der Waals surface area (Å²) < 4.78 is 12.2.